The van der Waals surface area contributed by atoms with Crippen LogP contribution in [-0.2, 0) is 4.79 Å². The van der Waals surface area contributed by atoms with Gasteiger partial charge in [0, 0.05) is 25.0 Å². The van der Waals surface area contributed by atoms with Gasteiger partial charge in [0.05, 0.1) is 0 Å². The third kappa shape index (κ3) is 4.27. The molecule has 7 nitrogen and oxygen atoms in total. The minimum Gasteiger partial charge on any atom is -0.359 e. The molecule has 2 atom stereocenters. The number of aryl methyl sites for hydroxylation is 2. The van der Waals surface area contributed by atoms with Crippen LogP contribution in [0.1, 0.15) is 51.0 Å². The van der Waals surface area contributed by atoms with Crippen molar-refractivity contribution in [1.29, 1.82) is 0 Å². The summed E-state index contributed by atoms with van der Waals surface area (Å²) in [7, 11) is 1.70. The number of aromatic nitrogens is 1. The predicted molar refractivity (Wildman–Crippen MR) is 91.9 cm³/mol. The fourth-order valence-corrected chi connectivity index (χ4v) is 3.29. The summed E-state index contributed by atoms with van der Waals surface area (Å²) in [5.41, 5.74) is 1.38. The van der Waals surface area contributed by atoms with E-state index in [0.29, 0.717) is 23.6 Å². The number of carbonyl (C=O) groups excluding carboxylic acids is 2. The lowest BCUT2D eigenvalue weighted by Crippen LogP contribution is -2.47. The van der Waals surface area contributed by atoms with Gasteiger partial charge in [0.1, 0.15) is 11.4 Å². The summed E-state index contributed by atoms with van der Waals surface area (Å²) in [5.74, 6) is 0.668. The average molecular weight is 336 g/mol. The van der Waals surface area contributed by atoms with Gasteiger partial charge in [-0.05, 0) is 47.0 Å². The van der Waals surface area contributed by atoms with E-state index in [-0.39, 0.29) is 29.9 Å². The molecule has 1 aromatic heterocycles. The molecule has 0 aliphatic heterocycles. The molecule has 134 valence electrons. The first kappa shape index (κ1) is 18.3. The van der Waals surface area contributed by atoms with Gasteiger partial charge >= 0.3 is 6.03 Å². The van der Waals surface area contributed by atoms with E-state index in [4.69, 9.17) is 4.52 Å². The highest BCUT2D eigenvalue weighted by Gasteiger charge is 2.29. The molecular weight excluding hydrogens is 308 g/mol. The van der Waals surface area contributed by atoms with E-state index in [2.05, 4.69) is 15.8 Å². The molecule has 0 saturated heterocycles. The van der Waals surface area contributed by atoms with Crippen LogP contribution in [0.3, 0.4) is 0 Å². The Kier molecular flexibility index (Phi) is 5.85. The largest absolute Gasteiger partial charge is 0.359 e. The summed E-state index contributed by atoms with van der Waals surface area (Å²) in [5, 5.41) is 9.88. The molecule has 0 bridgehead atoms. The number of anilines is 1. The molecule has 0 aromatic carbocycles. The van der Waals surface area contributed by atoms with Crippen molar-refractivity contribution in [1.82, 2.24) is 15.8 Å². The van der Waals surface area contributed by atoms with Gasteiger partial charge in [-0.15, -0.1) is 0 Å². The van der Waals surface area contributed by atoms with Gasteiger partial charge in [-0.3, -0.25) is 9.69 Å². The van der Waals surface area contributed by atoms with E-state index >= 15 is 0 Å². The maximum Gasteiger partial charge on any atom is 0.321 e. The lowest BCUT2D eigenvalue weighted by Gasteiger charge is -2.30. The normalized spacial score (nSPS) is 20.8. The van der Waals surface area contributed by atoms with E-state index in [9.17, 15) is 9.59 Å². The molecule has 3 amide bonds. The van der Waals surface area contributed by atoms with Crippen LogP contribution in [0.5, 0.6) is 0 Å². The van der Waals surface area contributed by atoms with Crippen molar-refractivity contribution < 1.29 is 14.1 Å². The summed E-state index contributed by atoms with van der Waals surface area (Å²) in [6, 6.07) is -0.0467. The smallest absolute Gasteiger partial charge is 0.321 e. The van der Waals surface area contributed by atoms with E-state index in [1.165, 1.54) is 4.90 Å². The van der Waals surface area contributed by atoms with Crippen LogP contribution in [0, 0.1) is 19.8 Å². The van der Waals surface area contributed by atoms with Crippen molar-refractivity contribution >= 4 is 17.6 Å². The lowest BCUT2D eigenvalue weighted by molar-refractivity contribution is -0.126. The maximum atomic E-state index is 12.5. The van der Waals surface area contributed by atoms with Gasteiger partial charge in [0.25, 0.3) is 0 Å². The first-order valence-corrected chi connectivity index (χ1v) is 8.57. The summed E-state index contributed by atoms with van der Waals surface area (Å²) in [4.78, 5) is 26.2. The monoisotopic (exact) mass is 336 g/mol. The third-order valence-corrected chi connectivity index (χ3v) is 4.44. The number of hydrogen-bond donors (Lipinski definition) is 2. The van der Waals surface area contributed by atoms with Gasteiger partial charge in [-0.1, -0.05) is 11.6 Å². The van der Waals surface area contributed by atoms with Gasteiger partial charge in [-0.25, -0.2) is 4.79 Å². The Morgan fingerprint density at radius 1 is 1.29 bits per heavy atom. The van der Waals surface area contributed by atoms with Gasteiger partial charge in [-0.2, -0.15) is 0 Å². The van der Waals surface area contributed by atoms with E-state index in [0.717, 1.165) is 19.3 Å². The number of nitrogens with one attached hydrogen (secondary N) is 2. The van der Waals surface area contributed by atoms with E-state index in [1.807, 2.05) is 20.8 Å². The standard InChI is InChI=1S/C17H28N4O3/c1-10(2)18-16(22)13-7-6-8-14(9-13)19-17(23)21(5)15-11(3)20-24-12(15)4/h10,13-14H,6-9H2,1-5H3,(H,18,22)(H,19,23)/t13-,14-/m0/s1. The van der Waals surface area contributed by atoms with Crippen LogP contribution in [-0.4, -0.2) is 36.2 Å². The first-order chi connectivity index (χ1) is 11.3. The molecule has 1 aliphatic carbocycles. The second kappa shape index (κ2) is 7.68. The SMILES string of the molecule is Cc1noc(C)c1N(C)C(=O)N[C@H]1CCC[C@H](C(=O)NC(C)C)C1. The average Bonchev–Trinajstić information content (AvgIpc) is 2.85. The quantitative estimate of drug-likeness (QED) is 0.884. The molecule has 2 rings (SSSR count). The highest BCUT2D eigenvalue weighted by molar-refractivity contribution is 5.92. The molecule has 1 fully saturated rings. The second-order valence-corrected chi connectivity index (χ2v) is 6.91. The molecule has 0 radical (unpaired) electrons. The molecule has 24 heavy (non-hydrogen) atoms. The Labute approximate surface area is 143 Å². The fourth-order valence-electron chi connectivity index (χ4n) is 3.29. The molecule has 1 aromatic rings. The molecule has 0 unspecified atom stereocenters. The fraction of sp³-hybridized carbons (Fsp3) is 0.706. The molecule has 1 heterocycles. The van der Waals surface area contributed by atoms with Crippen LogP contribution in [0.25, 0.3) is 0 Å². The second-order valence-electron chi connectivity index (χ2n) is 6.91. The molecule has 0 spiro atoms. The van der Waals surface area contributed by atoms with Gasteiger partial charge in [0.2, 0.25) is 5.91 Å². The Bertz CT molecular complexity index is 577. The number of hydrogen-bond acceptors (Lipinski definition) is 4. The van der Waals surface area contributed by atoms with Gasteiger partial charge < -0.3 is 15.2 Å². The highest BCUT2D eigenvalue weighted by Crippen LogP contribution is 2.26. The lowest BCUT2D eigenvalue weighted by atomic mass is 9.85. The Hall–Kier alpha value is -2.05. The Morgan fingerprint density at radius 2 is 2.00 bits per heavy atom. The van der Waals surface area contributed by atoms with Crippen LogP contribution in [0.2, 0.25) is 0 Å². The zero-order valence-corrected chi connectivity index (χ0v) is 15.2. The van der Waals surface area contributed by atoms with Crippen molar-refractivity contribution in [2.45, 2.75) is 65.5 Å². The van der Waals surface area contributed by atoms with Crippen molar-refractivity contribution in [3.8, 4) is 0 Å². The van der Waals surface area contributed by atoms with E-state index < -0.39 is 0 Å². The Balaban J connectivity index is 1.95. The van der Waals surface area contributed by atoms with Crippen molar-refractivity contribution in [3.63, 3.8) is 0 Å². The number of carbonyl (C=O) groups is 2. The summed E-state index contributed by atoms with van der Waals surface area (Å²) in [6.45, 7) is 7.51. The topological polar surface area (TPSA) is 87.5 Å². The molecular formula is C17H28N4O3. The minimum atomic E-state index is -0.195. The van der Waals surface area contributed by atoms with Crippen LogP contribution >= 0.6 is 0 Å². The zero-order valence-electron chi connectivity index (χ0n) is 15.2. The van der Waals surface area contributed by atoms with Crippen LogP contribution in [0.15, 0.2) is 4.52 Å². The van der Waals surface area contributed by atoms with E-state index in [1.54, 1.807) is 14.0 Å². The maximum absolute atomic E-state index is 12.5. The minimum absolute atomic E-state index is 0.0112. The molecule has 1 saturated carbocycles. The number of rotatable bonds is 4. The molecule has 7 heteroatoms. The Morgan fingerprint density at radius 3 is 2.58 bits per heavy atom. The van der Waals surface area contributed by atoms with Crippen molar-refractivity contribution in [2.24, 2.45) is 5.92 Å². The summed E-state index contributed by atoms with van der Waals surface area (Å²) >= 11 is 0. The summed E-state index contributed by atoms with van der Waals surface area (Å²) in [6.07, 6.45) is 3.40. The third-order valence-electron chi connectivity index (χ3n) is 4.44. The first-order valence-electron chi connectivity index (χ1n) is 8.57. The number of amides is 3. The highest BCUT2D eigenvalue weighted by atomic mass is 16.5. The number of nitrogens with zero attached hydrogens (tertiary/aromatic N) is 2. The molecule has 1 aliphatic rings. The predicted octanol–water partition coefficient (Wildman–Crippen LogP) is 2.52. The van der Waals surface area contributed by atoms with Crippen LogP contribution in [0.4, 0.5) is 10.5 Å². The van der Waals surface area contributed by atoms with Crippen molar-refractivity contribution in [3.05, 3.63) is 11.5 Å². The number of urea groups is 1. The van der Waals surface area contributed by atoms with Crippen molar-refractivity contribution in [2.75, 3.05) is 11.9 Å². The zero-order chi connectivity index (χ0) is 17.9. The van der Waals surface area contributed by atoms with Gasteiger partial charge in [0.15, 0.2) is 5.76 Å². The molecule has 2 N–H and O–H groups in total. The van der Waals surface area contributed by atoms with Crippen LogP contribution < -0.4 is 15.5 Å². The summed E-state index contributed by atoms with van der Waals surface area (Å²) < 4.78 is 5.12.